The van der Waals surface area contributed by atoms with Crippen molar-refractivity contribution < 1.29 is 17.3 Å². The average Bonchev–Trinajstić information content (AvgIpc) is 2.84. The first-order valence-corrected chi connectivity index (χ1v) is 13.2. The molecule has 0 bridgehead atoms. The Balaban J connectivity index is 1.49. The number of ether oxygens (including phenoxy) is 1. The van der Waals surface area contributed by atoms with Crippen LogP contribution in [0.2, 0.25) is 5.02 Å². The van der Waals surface area contributed by atoms with E-state index in [-0.39, 0.29) is 18.6 Å². The number of benzene rings is 2. The van der Waals surface area contributed by atoms with Gasteiger partial charge < -0.3 is 15.4 Å². The van der Waals surface area contributed by atoms with Gasteiger partial charge in [-0.25, -0.2) is 4.98 Å². The smallest absolute Gasteiger partial charge is 0.337 e. The Bertz CT molecular complexity index is 1260. The van der Waals surface area contributed by atoms with E-state index in [4.69, 9.17) is 30.5 Å². The standard InChI is InChI=1S/C24H30ClN5O4S/c1-30(2)35(31,32)34-15-16-7-11-19(12-8-16)27-24-28-22-20(5-4-6-21(22)33-3)23(29-24)26-18-13-9-17(25)10-14-18/h4-6,9-10,13-14,16,19H,7-8,11-12,15H2,1-3H3,(H2,26,27,28,29). The second kappa shape index (κ2) is 10.9. The molecule has 1 heterocycles. The highest BCUT2D eigenvalue weighted by Gasteiger charge is 2.25. The molecule has 0 spiro atoms. The number of halogens is 1. The Labute approximate surface area is 211 Å². The number of rotatable bonds is 9. The van der Waals surface area contributed by atoms with Crippen LogP contribution in [0.4, 0.5) is 17.5 Å². The van der Waals surface area contributed by atoms with Gasteiger partial charge in [0.05, 0.1) is 13.7 Å². The molecule has 0 atom stereocenters. The minimum absolute atomic E-state index is 0.173. The van der Waals surface area contributed by atoms with Crippen molar-refractivity contribution in [3.63, 3.8) is 0 Å². The zero-order chi connectivity index (χ0) is 25.0. The molecule has 35 heavy (non-hydrogen) atoms. The Hall–Kier alpha value is -2.66. The first-order chi connectivity index (χ1) is 16.7. The summed E-state index contributed by atoms with van der Waals surface area (Å²) in [4.78, 5) is 9.51. The molecule has 1 aliphatic rings. The molecular weight excluding hydrogens is 490 g/mol. The van der Waals surface area contributed by atoms with E-state index in [9.17, 15) is 8.42 Å². The van der Waals surface area contributed by atoms with Gasteiger partial charge in [0.15, 0.2) is 0 Å². The molecule has 1 saturated carbocycles. The average molecular weight is 520 g/mol. The summed E-state index contributed by atoms with van der Waals surface area (Å²) in [6, 6.07) is 13.3. The summed E-state index contributed by atoms with van der Waals surface area (Å²) in [5.41, 5.74) is 1.57. The molecule has 0 radical (unpaired) electrons. The van der Waals surface area contributed by atoms with Gasteiger partial charge in [-0.2, -0.15) is 17.7 Å². The molecule has 1 fully saturated rings. The third kappa shape index (κ3) is 6.32. The van der Waals surface area contributed by atoms with E-state index in [2.05, 4.69) is 10.6 Å². The quantitative estimate of drug-likeness (QED) is 0.414. The largest absolute Gasteiger partial charge is 0.494 e. The van der Waals surface area contributed by atoms with Crippen LogP contribution < -0.4 is 15.4 Å². The normalized spacial score (nSPS) is 18.5. The molecule has 0 saturated heterocycles. The molecule has 1 aromatic heterocycles. The number of nitrogens with zero attached hydrogens (tertiary/aromatic N) is 3. The monoisotopic (exact) mass is 519 g/mol. The second-order valence-corrected chi connectivity index (χ2v) is 11.0. The number of methoxy groups -OCH3 is 1. The first-order valence-electron chi connectivity index (χ1n) is 11.5. The molecule has 2 N–H and O–H groups in total. The van der Waals surface area contributed by atoms with Gasteiger partial charge in [-0.05, 0) is 68.0 Å². The molecule has 0 amide bonds. The minimum atomic E-state index is -3.65. The highest BCUT2D eigenvalue weighted by atomic mass is 35.5. The van der Waals surface area contributed by atoms with Crippen LogP contribution in [0.1, 0.15) is 25.7 Å². The lowest BCUT2D eigenvalue weighted by Crippen LogP contribution is -2.31. The van der Waals surface area contributed by atoms with Crippen LogP contribution in [0.25, 0.3) is 10.9 Å². The number of para-hydroxylation sites is 1. The summed E-state index contributed by atoms with van der Waals surface area (Å²) in [5.74, 6) is 2.03. The number of nitrogens with one attached hydrogen (secondary N) is 2. The van der Waals surface area contributed by atoms with E-state index in [1.165, 1.54) is 14.1 Å². The molecule has 188 valence electrons. The maximum Gasteiger partial charge on any atom is 0.337 e. The molecule has 3 aromatic rings. The van der Waals surface area contributed by atoms with Crippen LogP contribution >= 0.6 is 11.6 Å². The fraction of sp³-hybridized carbons (Fsp3) is 0.417. The van der Waals surface area contributed by atoms with Crippen LogP contribution in [-0.2, 0) is 14.5 Å². The van der Waals surface area contributed by atoms with E-state index in [0.29, 0.717) is 28.1 Å². The second-order valence-electron chi connectivity index (χ2n) is 8.77. The van der Waals surface area contributed by atoms with Crippen LogP contribution in [0.5, 0.6) is 5.75 Å². The number of anilines is 3. The van der Waals surface area contributed by atoms with Gasteiger partial charge in [0, 0.05) is 36.2 Å². The van der Waals surface area contributed by atoms with Crippen LogP contribution in [0.15, 0.2) is 42.5 Å². The van der Waals surface area contributed by atoms with E-state index >= 15 is 0 Å². The first kappa shape index (κ1) is 25.4. The predicted octanol–water partition coefficient (Wildman–Crippen LogP) is 4.83. The van der Waals surface area contributed by atoms with Crippen LogP contribution in [0, 0.1) is 5.92 Å². The third-order valence-corrected chi connectivity index (χ3v) is 7.68. The lowest BCUT2D eigenvalue weighted by atomic mass is 9.87. The molecule has 4 rings (SSSR count). The van der Waals surface area contributed by atoms with Gasteiger partial charge in [0.2, 0.25) is 5.95 Å². The van der Waals surface area contributed by atoms with Gasteiger partial charge in [-0.15, -0.1) is 0 Å². The molecule has 1 aliphatic carbocycles. The highest BCUT2D eigenvalue weighted by Crippen LogP contribution is 2.33. The molecule has 11 heteroatoms. The Kier molecular flexibility index (Phi) is 7.95. The number of fused-ring (bicyclic) bond motifs is 1. The Morgan fingerprint density at radius 1 is 1.06 bits per heavy atom. The van der Waals surface area contributed by atoms with Crippen molar-refractivity contribution in [3.05, 3.63) is 47.5 Å². The zero-order valence-electron chi connectivity index (χ0n) is 20.0. The maximum absolute atomic E-state index is 11.9. The van der Waals surface area contributed by atoms with Gasteiger partial charge >= 0.3 is 10.3 Å². The number of hydrogen-bond donors (Lipinski definition) is 2. The summed E-state index contributed by atoms with van der Waals surface area (Å²) < 4.78 is 35.5. The Morgan fingerprint density at radius 2 is 1.77 bits per heavy atom. The van der Waals surface area contributed by atoms with Crippen molar-refractivity contribution in [1.82, 2.24) is 14.3 Å². The van der Waals surface area contributed by atoms with Gasteiger partial charge in [0.1, 0.15) is 17.1 Å². The van der Waals surface area contributed by atoms with Gasteiger partial charge in [-0.1, -0.05) is 17.7 Å². The molecule has 9 nitrogen and oxygen atoms in total. The summed E-state index contributed by atoms with van der Waals surface area (Å²) in [7, 11) is 0.899. The summed E-state index contributed by atoms with van der Waals surface area (Å²) >= 11 is 6.03. The van der Waals surface area contributed by atoms with Crippen molar-refractivity contribution in [3.8, 4) is 5.75 Å². The highest BCUT2D eigenvalue weighted by molar-refractivity contribution is 7.84. The SMILES string of the molecule is COc1cccc2c(Nc3ccc(Cl)cc3)nc(NC3CCC(COS(=O)(=O)N(C)C)CC3)nc12. The fourth-order valence-corrected chi connectivity index (χ4v) is 4.77. The van der Waals surface area contributed by atoms with Crippen molar-refractivity contribution >= 4 is 50.3 Å². The zero-order valence-corrected chi connectivity index (χ0v) is 21.6. The van der Waals surface area contributed by atoms with Gasteiger partial charge in [0.25, 0.3) is 0 Å². The minimum Gasteiger partial charge on any atom is -0.494 e. The number of aromatic nitrogens is 2. The maximum atomic E-state index is 11.9. The van der Waals surface area contributed by atoms with Crippen molar-refractivity contribution in [2.45, 2.75) is 31.7 Å². The lowest BCUT2D eigenvalue weighted by Gasteiger charge is -2.29. The molecule has 0 unspecified atom stereocenters. The van der Waals surface area contributed by atoms with Gasteiger partial charge in [-0.3, -0.25) is 4.18 Å². The summed E-state index contributed by atoms with van der Waals surface area (Å²) in [6.45, 7) is 0.200. The topological polar surface area (TPSA) is 106 Å². The van der Waals surface area contributed by atoms with Crippen LogP contribution in [0.3, 0.4) is 0 Å². The third-order valence-electron chi connectivity index (χ3n) is 6.10. The predicted molar refractivity (Wildman–Crippen MR) is 139 cm³/mol. The Morgan fingerprint density at radius 3 is 2.43 bits per heavy atom. The lowest BCUT2D eigenvalue weighted by molar-refractivity contribution is 0.197. The molecular formula is C24H30ClN5O4S. The fourth-order valence-electron chi connectivity index (χ4n) is 4.06. The van der Waals surface area contributed by atoms with E-state index in [1.807, 2.05) is 42.5 Å². The van der Waals surface area contributed by atoms with E-state index < -0.39 is 10.3 Å². The van der Waals surface area contributed by atoms with Crippen molar-refractivity contribution in [2.75, 3.05) is 38.4 Å². The van der Waals surface area contributed by atoms with E-state index in [0.717, 1.165) is 41.1 Å². The molecule has 2 aromatic carbocycles. The summed E-state index contributed by atoms with van der Waals surface area (Å²) in [6.07, 6.45) is 3.44. The van der Waals surface area contributed by atoms with Crippen molar-refractivity contribution in [2.24, 2.45) is 5.92 Å². The van der Waals surface area contributed by atoms with E-state index in [1.54, 1.807) is 7.11 Å². The van der Waals surface area contributed by atoms with Crippen LogP contribution in [-0.4, -0.2) is 56.5 Å². The summed E-state index contributed by atoms with van der Waals surface area (Å²) in [5, 5.41) is 8.33. The number of hydrogen-bond acceptors (Lipinski definition) is 8. The molecule has 0 aliphatic heterocycles. The van der Waals surface area contributed by atoms with Crippen molar-refractivity contribution in [1.29, 1.82) is 0 Å².